The van der Waals surface area contributed by atoms with Crippen LogP contribution >= 0.6 is 0 Å². The summed E-state index contributed by atoms with van der Waals surface area (Å²) in [5.74, 6) is 1.14. The Morgan fingerprint density at radius 2 is 2.05 bits per heavy atom. The van der Waals surface area contributed by atoms with Gasteiger partial charge in [-0.05, 0) is 30.2 Å². The number of hydrogen-bond donors (Lipinski definition) is 2. The first kappa shape index (κ1) is 13.4. The monoisotopic (exact) mass is 258 g/mol. The number of rotatable bonds is 4. The number of aliphatic hydroxyl groups is 1. The van der Waals surface area contributed by atoms with E-state index in [4.69, 9.17) is 10.5 Å². The van der Waals surface area contributed by atoms with Gasteiger partial charge >= 0.3 is 0 Å². The van der Waals surface area contributed by atoms with Crippen LogP contribution in [0.5, 0.6) is 5.75 Å². The van der Waals surface area contributed by atoms with Gasteiger partial charge in [0.1, 0.15) is 11.6 Å². The van der Waals surface area contributed by atoms with Gasteiger partial charge in [-0.3, -0.25) is 0 Å². The third kappa shape index (κ3) is 2.85. The normalized spacial score (nSPS) is 12.2. The first-order valence-electron chi connectivity index (χ1n) is 6.14. The van der Waals surface area contributed by atoms with Crippen molar-refractivity contribution in [3.8, 4) is 5.75 Å². The maximum atomic E-state index is 10.4. The van der Waals surface area contributed by atoms with Crippen LogP contribution in [0, 0.1) is 6.92 Å². The van der Waals surface area contributed by atoms with E-state index in [-0.39, 0.29) is 0 Å². The average molecular weight is 258 g/mol. The van der Waals surface area contributed by atoms with E-state index in [2.05, 4.69) is 4.98 Å². The molecule has 1 aromatic heterocycles. The molecule has 2 rings (SSSR count). The fourth-order valence-electron chi connectivity index (χ4n) is 2.21. The van der Waals surface area contributed by atoms with E-state index in [1.165, 1.54) is 0 Å². The van der Waals surface area contributed by atoms with Crippen LogP contribution < -0.4 is 10.5 Å². The number of hydrogen-bond acceptors (Lipinski definition) is 4. The molecular weight excluding hydrogens is 240 g/mol. The Morgan fingerprint density at radius 1 is 1.32 bits per heavy atom. The molecular formula is C15H18N2O2. The maximum Gasteiger partial charge on any atom is 0.129 e. The van der Waals surface area contributed by atoms with Crippen LogP contribution in [0.1, 0.15) is 22.8 Å². The molecule has 4 nitrogen and oxygen atoms in total. The van der Waals surface area contributed by atoms with Gasteiger partial charge in [-0.1, -0.05) is 18.2 Å². The second-order valence-corrected chi connectivity index (χ2v) is 4.46. The van der Waals surface area contributed by atoms with E-state index in [0.717, 1.165) is 16.9 Å². The fourth-order valence-corrected chi connectivity index (χ4v) is 2.21. The first-order chi connectivity index (χ1) is 9.13. The summed E-state index contributed by atoms with van der Waals surface area (Å²) in [5, 5.41) is 10.4. The van der Waals surface area contributed by atoms with Crippen molar-refractivity contribution >= 4 is 5.82 Å². The molecule has 3 N–H and O–H groups in total. The van der Waals surface area contributed by atoms with Gasteiger partial charge in [-0.15, -0.1) is 0 Å². The number of anilines is 1. The zero-order chi connectivity index (χ0) is 13.8. The van der Waals surface area contributed by atoms with Crippen LogP contribution in [0.25, 0.3) is 0 Å². The van der Waals surface area contributed by atoms with E-state index in [9.17, 15) is 5.11 Å². The number of aliphatic hydroxyl groups excluding tert-OH is 1. The zero-order valence-corrected chi connectivity index (χ0v) is 11.1. The average Bonchev–Trinajstić information content (AvgIpc) is 2.39. The molecule has 0 aliphatic rings. The van der Waals surface area contributed by atoms with E-state index in [0.29, 0.717) is 17.8 Å². The number of ether oxygens (including phenoxy) is 1. The van der Waals surface area contributed by atoms with Crippen molar-refractivity contribution in [1.82, 2.24) is 4.98 Å². The molecule has 1 aromatic carbocycles. The highest BCUT2D eigenvalue weighted by atomic mass is 16.5. The molecule has 0 saturated heterocycles. The van der Waals surface area contributed by atoms with Crippen LogP contribution in [-0.4, -0.2) is 17.2 Å². The lowest BCUT2D eigenvalue weighted by Gasteiger charge is -2.16. The van der Waals surface area contributed by atoms with Gasteiger partial charge in [0.2, 0.25) is 0 Å². The number of nitrogens with two attached hydrogens (primary N) is 1. The highest BCUT2D eigenvalue weighted by molar-refractivity contribution is 5.46. The summed E-state index contributed by atoms with van der Waals surface area (Å²) < 4.78 is 5.28. The smallest absolute Gasteiger partial charge is 0.129 e. The van der Waals surface area contributed by atoms with E-state index >= 15 is 0 Å². The SMILES string of the molecule is COc1ccccc1CC(O)c1c(C)ccnc1N. The molecule has 2 aromatic rings. The van der Waals surface area contributed by atoms with Crippen LogP contribution in [-0.2, 0) is 6.42 Å². The predicted octanol–water partition coefficient (Wildman–Crippen LogP) is 2.26. The Labute approximate surface area is 112 Å². The Kier molecular flexibility index (Phi) is 4.02. The summed E-state index contributed by atoms with van der Waals surface area (Å²) in [4.78, 5) is 4.03. The van der Waals surface area contributed by atoms with E-state index < -0.39 is 6.10 Å². The summed E-state index contributed by atoms with van der Waals surface area (Å²) in [7, 11) is 1.62. The molecule has 0 saturated carbocycles. The minimum absolute atomic E-state index is 0.377. The molecule has 0 aliphatic carbocycles. The summed E-state index contributed by atoms with van der Waals surface area (Å²) in [6.45, 7) is 1.92. The summed E-state index contributed by atoms with van der Waals surface area (Å²) in [6, 6.07) is 9.48. The molecule has 0 aliphatic heterocycles. The number of nitrogen functional groups attached to an aromatic ring is 1. The van der Waals surface area contributed by atoms with Crippen molar-refractivity contribution in [3.05, 3.63) is 53.2 Å². The predicted molar refractivity (Wildman–Crippen MR) is 75.0 cm³/mol. The van der Waals surface area contributed by atoms with Crippen molar-refractivity contribution in [2.45, 2.75) is 19.4 Å². The molecule has 0 amide bonds. The molecule has 4 heteroatoms. The molecule has 1 heterocycles. The summed E-state index contributed by atoms with van der Waals surface area (Å²) >= 11 is 0. The van der Waals surface area contributed by atoms with E-state index in [1.54, 1.807) is 13.3 Å². The lowest BCUT2D eigenvalue weighted by Crippen LogP contribution is -2.09. The van der Waals surface area contributed by atoms with Gasteiger partial charge in [-0.2, -0.15) is 0 Å². The third-order valence-electron chi connectivity index (χ3n) is 3.18. The second kappa shape index (κ2) is 5.71. The number of aryl methyl sites for hydroxylation is 1. The highest BCUT2D eigenvalue weighted by Gasteiger charge is 2.16. The molecule has 0 bridgehead atoms. The Balaban J connectivity index is 2.28. The zero-order valence-electron chi connectivity index (χ0n) is 11.1. The van der Waals surface area contributed by atoms with Gasteiger partial charge in [0.05, 0.1) is 13.2 Å². The van der Waals surface area contributed by atoms with Gasteiger partial charge in [0, 0.05) is 18.2 Å². The standard InChI is InChI=1S/C15H18N2O2/c1-10-7-8-17-15(16)14(10)12(18)9-11-5-3-4-6-13(11)19-2/h3-8,12,18H,9H2,1-2H3,(H2,16,17). The van der Waals surface area contributed by atoms with Gasteiger partial charge in [-0.25, -0.2) is 4.98 Å². The first-order valence-corrected chi connectivity index (χ1v) is 6.14. The summed E-state index contributed by atoms with van der Waals surface area (Å²) in [5.41, 5.74) is 8.42. The molecule has 19 heavy (non-hydrogen) atoms. The number of aromatic nitrogens is 1. The number of para-hydroxylation sites is 1. The van der Waals surface area contributed by atoms with Crippen molar-refractivity contribution in [2.75, 3.05) is 12.8 Å². The lowest BCUT2D eigenvalue weighted by atomic mass is 9.98. The Hall–Kier alpha value is -2.07. The lowest BCUT2D eigenvalue weighted by molar-refractivity contribution is 0.177. The maximum absolute atomic E-state index is 10.4. The van der Waals surface area contributed by atoms with E-state index in [1.807, 2.05) is 37.3 Å². The Bertz CT molecular complexity index is 550. The highest BCUT2D eigenvalue weighted by Crippen LogP contribution is 2.28. The quantitative estimate of drug-likeness (QED) is 0.882. The van der Waals surface area contributed by atoms with Crippen molar-refractivity contribution in [2.24, 2.45) is 0 Å². The number of benzene rings is 1. The van der Waals surface area contributed by atoms with Crippen molar-refractivity contribution in [3.63, 3.8) is 0 Å². The Morgan fingerprint density at radius 3 is 2.74 bits per heavy atom. The minimum Gasteiger partial charge on any atom is -0.496 e. The van der Waals surface area contributed by atoms with Gasteiger partial charge in [0.25, 0.3) is 0 Å². The van der Waals surface area contributed by atoms with Crippen LogP contribution in [0.15, 0.2) is 36.5 Å². The van der Waals surface area contributed by atoms with Gasteiger partial charge < -0.3 is 15.6 Å². The molecule has 0 radical (unpaired) electrons. The van der Waals surface area contributed by atoms with Crippen LogP contribution in [0.3, 0.4) is 0 Å². The number of nitrogens with zero attached hydrogens (tertiary/aromatic N) is 1. The molecule has 1 atom stereocenters. The molecule has 1 unspecified atom stereocenters. The molecule has 100 valence electrons. The topological polar surface area (TPSA) is 68.4 Å². The third-order valence-corrected chi connectivity index (χ3v) is 3.18. The molecule has 0 fully saturated rings. The second-order valence-electron chi connectivity index (χ2n) is 4.46. The van der Waals surface area contributed by atoms with Crippen molar-refractivity contribution in [1.29, 1.82) is 0 Å². The number of methoxy groups -OCH3 is 1. The summed E-state index contributed by atoms with van der Waals surface area (Å²) in [6.07, 6.45) is 1.40. The van der Waals surface area contributed by atoms with Crippen LogP contribution in [0.4, 0.5) is 5.82 Å². The fraction of sp³-hybridized carbons (Fsp3) is 0.267. The van der Waals surface area contributed by atoms with Crippen molar-refractivity contribution < 1.29 is 9.84 Å². The largest absolute Gasteiger partial charge is 0.496 e. The minimum atomic E-state index is -0.690. The number of pyridine rings is 1. The van der Waals surface area contributed by atoms with Crippen LogP contribution in [0.2, 0.25) is 0 Å². The van der Waals surface area contributed by atoms with Gasteiger partial charge in [0.15, 0.2) is 0 Å². The molecule has 0 spiro atoms.